The van der Waals surface area contributed by atoms with Crippen molar-refractivity contribution in [1.29, 1.82) is 0 Å². The quantitative estimate of drug-likeness (QED) is 0.661. The predicted octanol–water partition coefficient (Wildman–Crippen LogP) is 4.34. The first-order valence-electron chi connectivity index (χ1n) is 10.3. The molecule has 0 spiro atoms. The minimum Gasteiger partial charge on any atom is -0.353 e. The van der Waals surface area contributed by atoms with Crippen LogP contribution in [0, 0.1) is 6.92 Å². The average Bonchev–Trinajstić information content (AvgIpc) is 3.04. The van der Waals surface area contributed by atoms with E-state index in [0.29, 0.717) is 6.04 Å². The Morgan fingerprint density at radius 3 is 2.39 bits per heavy atom. The van der Waals surface area contributed by atoms with Gasteiger partial charge in [0, 0.05) is 32.7 Å². The van der Waals surface area contributed by atoms with Crippen molar-refractivity contribution in [3.63, 3.8) is 0 Å². The topological polar surface area (TPSA) is 50.1 Å². The molecule has 0 unspecified atom stereocenters. The highest BCUT2D eigenvalue weighted by molar-refractivity contribution is 5.85. The van der Waals surface area contributed by atoms with Crippen LogP contribution in [0.2, 0.25) is 0 Å². The van der Waals surface area contributed by atoms with Gasteiger partial charge in [-0.25, -0.2) is 4.98 Å². The van der Waals surface area contributed by atoms with Gasteiger partial charge < -0.3 is 14.4 Å². The average molecular weight is 379 g/mol. The molecule has 6 heteroatoms. The van der Waals surface area contributed by atoms with E-state index in [1.165, 1.54) is 24.8 Å². The molecule has 4 rings (SSSR count). The van der Waals surface area contributed by atoms with Crippen molar-refractivity contribution in [3.05, 3.63) is 41.7 Å². The van der Waals surface area contributed by atoms with Gasteiger partial charge in [0.2, 0.25) is 5.95 Å². The summed E-state index contributed by atoms with van der Waals surface area (Å²) >= 11 is 0. The molecule has 1 aliphatic rings. The Hall–Kier alpha value is -2.63. The minimum atomic E-state index is 0.307. The number of aryl methyl sites for hydroxylation is 1. The van der Waals surface area contributed by atoms with Crippen LogP contribution in [-0.2, 0) is 6.54 Å². The smallest absolute Gasteiger partial charge is 0.229 e. The molecule has 1 aliphatic heterocycles. The molecule has 0 aliphatic carbocycles. The molecule has 0 bridgehead atoms. The fraction of sp³-hybridized carbons (Fsp3) is 0.500. The number of piperidine rings is 1. The Bertz CT molecular complexity index is 941. The number of benzene rings is 1. The van der Waals surface area contributed by atoms with Crippen LogP contribution in [0.5, 0.6) is 0 Å². The maximum Gasteiger partial charge on any atom is 0.229 e. The van der Waals surface area contributed by atoms with Gasteiger partial charge in [-0.05, 0) is 45.6 Å². The standard InChI is InChI=1S/C22H30N6/c1-16(2)28-17(3)23-19-20(26(4)15-18-11-7-5-8-12-18)24-22(25-21(19)28)27-13-9-6-10-14-27/h5,7-8,11-12,16H,6,9-10,13-15H2,1-4H3. The van der Waals surface area contributed by atoms with Gasteiger partial charge in [0.1, 0.15) is 5.82 Å². The van der Waals surface area contributed by atoms with Gasteiger partial charge in [-0.15, -0.1) is 0 Å². The molecule has 1 aromatic carbocycles. The Balaban J connectivity index is 1.81. The Morgan fingerprint density at radius 1 is 1.00 bits per heavy atom. The number of hydrogen-bond donors (Lipinski definition) is 0. The zero-order chi connectivity index (χ0) is 19.7. The summed E-state index contributed by atoms with van der Waals surface area (Å²) in [5, 5.41) is 0. The summed E-state index contributed by atoms with van der Waals surface area (Å²) in [6.45, 7) is 9.28. The number of aromatic nitrogens is 4. The Labute approximate surface area is 167 Å². The first-order valence-corrected chi connectivity index (χ1v) is 10.3. The molecule has 0 atom stereocenters. The first-order chi connectivity index (χ1) is 13.5. The van der Waals surface area contributed by atoms with Crippen molar-refractivity contribution < 1.29 is 0 Å². The van der Waals surface area contributed by atoms with E-state index in [9.17, 15) is 0 Å². The van der Waals surface area contributed by atoms with E-state index in [-0.39, 0.29) is 0 Å². The van der Waals surface area contributed by atoms with Gasteiger partial charge in [-0.2, -0.15) is 9.97 Å². The van der Waals surface area contributed by atoms with Crippen LogP contribution in [0.15, 0.2) is 30.3 Å². The van der Waals surface area contributed by atoms with Crippen LogP contribution in [0.1, 0.15) is 50.5 Å². The van der Waals surface area contributed by atoms with Crippen molar-refractivity contribution in [2.75, 3.05) is 29.9 Å². The summed E-state index contributed by atoms with van der Waals surface area (Å²) in [6.07, 6.45) is 3.71. The lowest BCUT2D eigenvalue weighted by atomic mass is 10.1. The van der Waals surface area contributed by atoms with Crippen molar-refractivity contribution in [3.8, 4) is 0 Å². The SMILES string of the molecule is Cc1nc2c(N(C)Cc3ccccc3)nc(N3CCCCC3)nc2n1C(C)C. The Kier molecular flexibility index (Phi) is 5.20. The summed E-state index contributed by atoms with van der Waals surface area (Å²) in [6, 6.07) is 10.8. The molecule has 0 radical (unpaired) electrons. The molecule has 0 amide bonds. The van der Waals surface area contributed by atoms with Crippen LogP contribution in [0.4, 0.5) is 11.8 Å². The number of fused-ring (bicyclic) bond motifs is 1. The second-order valence-electron chi connectivity index (χ2n) is 8.03. The fourth-order valence-electron chi connectivity index (χ4n) is 4.11. The van der Waals surface area contributed by atoms with Gasteiger partial charge in [-0.3, -0.25) is 0 Å². The second-order valence-corrected chi connectivity index (χ2v) is 8.03. The fourth-order valence-corrected chi connectivity index (χ4v) is 4.11. The van der Waals surface area contributed by atoms with E-state index in [0.717, 1.165) is 48.4 Å². The van der Waals surface area contributed by atoms with Crippen LogP contribution in [-0.4, -0.2) is 39.7 Å². The molecule has 3 aromatic rings. The lowest BCUT2D eigenvalue weighted by Crippen LogP contribution is -2.31. The molecule has 148 valence electrons. The molecular formula is C22H30N6. The maximum absolute atomic E-state index is 5.00. The highest BCUT2D eigenvalue weighted by Gasteiger charge is 2.23. The number of nitrogens with zero attached hydrogens (tertiary/aromatic N) is 6. The summed E-state index contributed by atoms with van der Waals surface area (Å²) in [5.74, 6) is 2.74. The number of rotatable bonds is 5. The zero-order valence-electron chi connectivity index (χ0n) is 17.4. The Morgan fingerprint density at radius 2 is 1.71 bits per heavy atom. The molecular weight excluding hydrogens is 348 g/mol. The monoisotopic (exact) mass is 378 g/mol. The minimum absolute atomic E-state index is 0.307. The summed E-state index contributed by atoms with van der Waals surface area (Å²) in [5.41, 5.74) is 3.10. The van der Waals surface area contributed by atoms with Crippen molar-refractivity contribution in [2.24, 2.45) is 0 Å². The normalized spacial score (nSPS) is 14.8. The lowest BCUT2D eigenvalue weighted by Gasteiger charge is -2.28. The van der Waals surface area contributed by atoms with Crippen LogP contribution in [0.3, 0.4) is 0 Å². The predicted molar refractivity (Wildman–Crippen MR) is 115 cm³/mol. The van der Waals surface area contributed by atoms with Gasteiger partial charge >= 0.3 is 0 Å². The number of imidazole rings is 1. The lowest BCUT2D eigenvalue weighted by molar-refractivity contribution is 0.566. The first kappa shape index (κ1) is 18.7. The van der Waals surface area contributed by atoms with Gasteiger partial charge in [0.25, 0.3) is 0 Å². The van der Waals surface area contributed by atoms with Crippen LogP contribution in [0.25, 0.3) is 11.2 Å². The molecule has 3 heterocycles. The van der Waals surface area contributed by atoms with E-state index < -0.39 is 0 Å². The highest BCUT2D eigenvalue weighted by atomic mass is 15.3. The molecule has 1 fully saturated rings. The number of anilines is 2. The van der Waals surface area contributed by atoms with Crippen molar-refractivity contribution in [1.82, 2.24) is 19.5 Å². The van der Waals surface area contributed by atoms with E-state index >= 15 is 0 Å². The second kappa shape index (κ2) is 7.78. The van der Waals surface area contributed by atoms with E-state index in [4.69, 9.17) is 15.0 Å². The molecule has 0 N–H and O–H groups in total. The van der Waals surface area contributed by atoms with Gasteiger partial charge in [0.15, 0.2) is 17.0 Å². The van der Waals surface area contributed by atoms with Crippen molar-refractivity contribution in [2.45, 2.75) is 52.6 Å². The number of hydrogen-bond acceptors (Lipinski definition) is 5. The van der Waals surface area contributed by atoms with E-state index in [1.807, 2.05) is 0 Å². The molecule has 2 aromatic heterocycles. The summed E-state index contributed by atoms with van der Waals surface area (Å²) < 4.78 is 2.23. The molecule has 0 saturated carbocycles. The molecule has 6 nitrogen and oxygen atoms in total. The summed E-state index contributed by atoms with van der Waals surface area (Å²) in [7, 11) is 2.10. The highest BCUT2D eigenvalue weighted by Crippen LogP contribution is 2.30. The third kappa shape index (κ3) is 3.55. The third-order valence-corrected chi connectivity index (χ3v) is 5.47. The van der Waals surface area contributed by atoms with E-state index in [1.54, 1.807) is 0 Å². The summed E-state index contributed by atoms with van der Waals surface area (Å²) in [4.78, 5) is 19.4. The van der Waals surface area contributed by atoms with Gasteiger partial charge in [-0.1, -0.05) is 30.3 Å². The van der Waals surface area contributed by atoms with Gasteiger partial charge in [0.05, 0.1) is 0 Å². The van der Waals surface area contributed by atoms with Crippen molar-refractivity contribution >= 4 is 22.9 Å². The molecule has 1 saturated heterocycles. The molecule has 28 heavy (non-hydrogen) atoms. The zero-order valence-corrected chi connectivity index (χ0v) is 17.4. The largest absolute Gasteiger partial charge is 0.353 e. The van der Waals surface area contributed by atoms with E-state index in [2.05, 4.69) is 72.5 Å². The van der Waals surface area contributed by atoms with Crippen LogP contribution < -0.4 is 9.80 Å². The maximum atomic E-state index is 5.00. The third-order valence-electron chi connectivity index (χ3n) is 5.47. The van der Waals surface area contributed by atoms with Crippen LogP contribution >= 0.6 is 0 Å².